The highest BCUT2D eigenvalue weighted by molar-refractivity contribution is 6.36. The standard InChI is InChI=1S/C22H17Cl3N4O3/c1-13-4-2-7-18(25)20(13)31-11-14-8-9-19(32-14)21(30)27-22-26-12-29(28-22)10-15-16(23)5-3-6-17(15)24/h2-9,12H,10-11H2,1H3,(H,27,28,30). The molecule has 1 N–H and O–H groups in total. The zero-order valence-electron chi connectivity index (χ0n) is 16.8. The van der Waals surface area contributed by atoms with Crippen molar-refractivity contribution in [2.45, 2.75) is 20.1 Å². The fourth-order valence-corrected chi connectivity index (χ4v) is 3.75. The van der Waals surface area contributed by atoms with Gasteiger partial charge in [-0.2, -0.15) is 0 Å². The number of carbonyl (C=O) groups is 1. The quantitative estimate of drug-likeness (QED) is 0.342. The van der Waals surface area contributed by atoms with Crippen LogP contribution >= 0.6 is 34.8 Å². The lowest BCUT2D eigenvalue weighted by atomic mass is 10.2. The highest BCUT2D eigenvalue weighted by Gasteiger charge is 2.15. The van der Waals surface area contributed by atoms with E-state index in [0.29, 0.717) is 38.7 Å². The third-order valence-corrected chi connectivity index (χ3v) is 5.56. The zero-order chi connectivity index (χ0) is 22.7. The maximum Gasteiger partial charge on any atom is 0.293 e. The highest BCUT2D eigenvalue weighted by atomic mass is 35.5. The van der Waals surface area contributed by atoms with Crippen LogP contribution in [0.15, 0.2) is 59.3 Å². The molecule has 32 heavy (non-hydrogen) atoms. The predicted octanol–water partition coefficient (Wildman–Crippen LogP) is 6.02. The third kappa shape index (κ3) is 5.07. The zero-order valence-corrected chi connectivity index (χ0v) is 19.1. The van der Waals surface area contributed by atoms with Crippen molar-refractivity contribution in [3.63, 3.8) is 0 Å². The van der Waals surface area contributed by atoms with Gasteiger partial charge >= 0.3 is 0 Å². The number of ether oxygens (including phenoxy) is 1. The number of benzene rings is 2. The van der Waals surface area contributed by atoms with E-state index in [9.17, 15) is 4.79 Å². The van der Waals surface area contributed by atoms with Gasteiger partial charge in [-0.05, 0) is 42.8 Å². The summed E-state index contributed by atoms with van der Waals surface area (Å²) in [6.07, 6.45) is 1.47. The first kappa shape index (κ1) is 22.2. The molecule has 0 atom stereocenters. The Hall–Kier alpha value is -3.00. The van der Waals surface area contributed by atoms with Gasteiger partial charge in [0.05, 0.1) is 11.6 Å². The minimum Gasteiger partial charge on any atom is -0.484 e. The molecular formula is C22H17Cl3N4O3. The van der Waals surface area contributed by atoms with Crippen LogP contribution in [0, 0.1) is 6.92 Å². The number of furan rings is 1. The number of amides is 1. The predicted molar refractivity (Wildman–Crippen MR) is 123 cm³/mol. The van der Waals surface area contributed by atoms with Crippen LogP contribution < -0.4 is 10.1 Å². The number of para-hydroxylation sites is 1. The molecule has 0 saturated heterocycles. The summed E-state index contributed by atoms with van der Waals surface area (Å²) in [7, 11) is 0. The van der Waals surface area contributed by atoms with E-state index in [1.807, 2.05) is 19.1 Å². The fourth-order valence-electron chi connectivity index (χ4n) is 2.96. The molecule has 2 heterocycles. The van der Waals surface area contributed by atoms with E-state index in [1.54, 1.807) is 36.4 Å². The van der Waals surface area contributed by atoms with Crippen LogP contribution in [0.5, 0.6) is 5.75 Å². The lowest BCUT2D eigenvalue weighted by molar-refractivity contribution is 0.0991. The van der Waals surface area contributed by atoms with E-state index in [0.717, 1.165) is 5.56 Å². The number of rotatable bonds is 7. The van der Waals surface area contributed by atoms with Crippen molar-refractivity contribution < 1.29 is 13.9 Å². The van der Waals surface area contributed by atoms with Gasteiger partial charge in [0, 0.05) is 15.6 Å². The molecule has 0 saturated carbocycles. The van der Waals surface area contributed by atoms with Crippen LogP contribution in [-0.4, -0.2) is 20.7 Å². The number of hydrogen-bond donors (Lipinski definition) is 1. The van der Waals surface area contributed by atoms with Gasteiger partial charge in [0.2, 0.25) is 5.95 Å². The van der Waals surface area contributed by atoms with Crippen LogP contribution in [0.3, 0.4) is 0 Å². The first-order valence-electron chi connectivity index (χ1n) is 9.51. The Morgan fingerprint density at radius 3 is 2.53 bits per heavy atom. The summed E-state index contributed by atoms with van der Waals surface area (Å²) in [5.74, 6) is 0.786. The van der Waals surface area contributed by atoms with Crippen molar-refractivity contribution in [1.29, 1.82) is 0 Å². The SMILES string of the molecule is Cc1cccc(Cl)c1OCc1ccc(C(=O)Nc2ncn(Cc3c(Cl)cccc3Cl)n2)o1. The fraction of sp³-hybridized carbons (Fsp3) is 0.136. The topological polar surface area (TPSA) is 82.2 Å². The first-order valence-corrected chi connectivity index (χ1v) is 10.6. The lowest BCUT2D eigenvalue weighted by Crippen LogP contribution is -2.12. The Bertz CT molecular complexity index is 1230. The second-order valence-corrected chi connectivity index (χ2v) is 8.08. The molecular weight excluding hydrogens is 475 g/mol. The number of aryl methyl sites for hydroxylation is 1. The second kappa shape index (κ2) is 9.65. The van der Waals surface area contributed by atoms with Gasteiger partial charge in [0.25, 0.3) is 5.91 Å². The van der Waals surface area contributed by atoms with Gasteiger partial charge in [0.15, 0.2) is 5.76 Å². The summed E-state index contributed by atoms with van der Waals surface area (Å²) in [5.41, 5.74) is 1.62. The van der Waals surface area contributed by atoms with Crippen molar-refractivity contribution in [3.05, 3.63) is 92.6 Å². The van der Waals surface area contributed by atoms with Gasteiger partial charge in [-0.1, -0.05) is 53.0 Å². The van der Waals surface area contributed by atoms with Crippen molar-refractivity contribution in [2.75, 3.05) is 5.32 Å². The summed E-state index contributed by atoms with van der Waals surface area (Å²) in [6.45, 7) is 2.34. The molecule has 0 radical (unpaired) electrons. The van der Waals surface area contributed by atoms with Gasteiger partial charge < -0.3 is 9.15 Å². The highest BCUT2D eigenvalue weighted by Crippen LogP contribution is 2.29. The summed E-state index contributed by atoms with van der Waals surface area (Å²) < 4.78 is 12.8. The van der Waals surface area contributed by atoms with Gasteiger partial charge in [-0.15, -0.1) is 5.10 Å². The molecule has 2 aromatic heterocycles. The Labute approximate surface area is 198 Å². The molecule has 7 nitrogen and oxygen atoms in total. The number of carbonyl (C=O) groups excluding carboxylic acids is 1. The smallest absolute Gasteiger partial charge is 0.293 e. The summed E-state index contributed by atoms with van der Waals surface area (Å²) in [6, 6.07) is 13.9. The normalized spacial score (nSPS) is 10.9. The third-order valence-electron chi connectivity index (χ3n) is 4.55. The average Bonchev–Trinajstić information content (AvgIpc) is 3.40. The summed E-state index contributed by atoms with van der Waals surface area (Å²) in [4.78, 5) is 16.6. The number of halogens is 3. The summed E-state index contributed by atoms with van der Waals surface area (Å²) >= 11 is 18.5. The van der Waals surface area contributed by atoms with Crippen molar-refractivity contribution >= 4 is 46.7 Å². The number of nitrogens with one attached hydrogen (secondary N) is 1. The molecule has 4 rings (SSSR count). The summed E-state index contributed by atoms with van der Waals surface area (Å²) in [5, 5.41) is 8.38. The molecule has 0 unspecified atom stereocenters. The minimum absolute atomic E-state index is 0.102. The van der Waals surface area contributed by atoms with Gasteiger partial charge in [-0.3, -0.25) is 10.1 Å². The molecule has 0 aliphatic carbocycles. The van der Waals surface area contributed by atoms with Crippen LogP contribution in [0.25, 0.3) is 0 Å². The van der Waals surface area contributed by atoms with Gasteiger partial charge in [-0.25, -0.2) is 9.67 Å². The molecule has 10 heteroatoms. The van der Waals surface area contributed by atoms with E-state index >= 15 is 0 Å². The Balaban J connectivity index is 1.37. The Morgan fingerprint density at radius 1 is 1.06 bits per heavy atom. The Kier molecular flexibility index (Phi) is 6.69. The maximum absolute atomic E-state index is 12.5. The van der Waals surface area contributed by atoms with E-state index < -0.39 is 5.91 Å². The van der Waals surface area contributed by atoms with Crippen molar-refractivity contribution in [3.8, 4) is 5.75 Å². The minimum atomic E-state index is -0.487. The van der Waals surface area contributed by atoms with Crippen molar-refractivity contribution in [2.24, 2.45) is 0 Å². The maximum atomic E-state index is 12.5. The number of aromatic nitrogens is 3. The van der Waals surface area contributed by atoms with Gasteiger partial charge in [0.1, 0.15) is 24.4 Å². The molecule has 1 amide bonds. The monoisotopic (exact) mass is 490 g/mol. The molecule has 0 spiro atoms. The van der Waals surface area contributed by atoms with Crippen LogP contribution in [0.1, 0.15) is 27.4 Å². The van der Waals surface area contributed by atoms with E-state index in [4.69, 9.17) is 44.0 Å². The number of anilines is 1. The lowest BCUT2D eigenvalue weighted by Gasteiger charge is -2.09. The molecule has 0 fully saturated rings. The molecule has 4 aromatic rings. The van der Waals surface area contributed by atoms with E-state index in [1.165, 1.54) is 11.0 Å². The molecule has 2 aromatic carbocycles. The molecule has 0 aliphatic rings. The van der Waals surface area contributed by atoms with E-state index in [-0.39, 0.29) is 18.3 Å². The van der Waals surface area contributed by atoms with Crippen LogP contribution in [0.4, 0.5) is 5.95 Å². The van der Waals surface area contributed by atoms with Crippen LogP contribution in [0.2, 0.25) is 15.1 Å². The average molecular weight is 492 g/mol. The number of hydrogen-bond acceptors (Lipinski definition) is 5. The number of nitrogens with zero attached hydrogens (tertiary/aromatic N) is 3. The first-order chi connectivity index (χ1) is 15.4. The van der Waals surface area contributed by atoms with E-state index in [2.05, 4.69) is 15.4 Å². The molecule has 0 bridgehead atoms. The van der Waals surface area contributed by atoms with Crippen molar-refractivity contribution in [1.82, 2.24) is 14.8 Å². The second-order valence-electron chi connectivity index (χ2n) is 6.86. The molecule has 164 valence electrons. The molecule has 0 aliphatic heterocycles. The Morgan fingerprint density at radius 2 is 1.78 bits per heavy atom. The largest absolute Gasteiger partial charge is 0.484 e. The van der Waals surface area contributed by atoms with Crippen LogP contribution in [-0.2, 0) is 13.2 Å².